The molecule has 21 heavy (non-hydrogen) atoms. The van der Waals surface area contributed by atoms with Crippen molar-refractivity contribution in [1.29, 1.82) is 0 Å². The van der Waals surface area contributed by atoms with Gasteiger partial charge in [0.15, 0.2) is 0 Å². The SMILES string of the molecule is COCCOC(=O)N1CCCC[C@H]1CCn1ccnc1C. The summed E-state index contributed by atoms with van der Waals surface area (Å²) in [6.45, 7) is 4.44. The Morgan fingerprint density at radius 2 is 2.29 bits per heavy atom. The van der Waals surface area contributed by atoms with Crippen molar-refractivity contribution < 1.29 is 14.3 Å². The number of aromatic nitrogens is 2. The van der Waals surface area contributed by atoms with Crippen LogP contribution < -0.4 is 0 Å². The van der Waals surface area contributed by atoms with Gasteiger partial charge in [0, 0.05) is 38.6 Å². The van der Waals surface area contributed by atoms with Crippen molar-refractivity contribution in [2.75, 3.05) is 26.9 Å². The zero-order valence-electron chi connectivity index (χ0n) is 13.0. The average Bonchev–Trinajstić information content (AvgIpc) is 2.91. The number of likely N-dealkylation sites (tertiary alicyclic amines) is 1. The summed E-state index contributed by atoms with van der Waals surface area (Å²) < 4.78 is 12.3. The van der Waals surface area contributed by atoms with Crippen LogP contribution in [-0.2, 0) is 16.0 Å². The maximum absolute atomic E-state index is 12.1. The summed E-state index contributed by atoms with van der Waals surface area (Å²) in [6.07, 6.45) is 7.81. The van der Waals surface area contributed by atoms with Crippen LogP contribution in [0, 0.1) is 6.92 Å². The molecule has 0 saturated carbocycles. The van der Waals surface area contributed by atoms with E-state index in [1.54, 1.807) is 7.11 Å². The van der Waals surface area contributed by atoms with Crippen LogP contribution in [0.15, 0.2) is 12.4 Å². The normalized spacial score (nSPS) is 18.8. The Balaban J connectivity index is 1.86. The number of ether oxygens (including phenoxy) is 2. The molecule has 1 saturated heterocycles. The number of hydrogen-bond acceptors (Lipinski definition) is 4. The molecule has 0 N–H and O–H groups in total. The van der Waals surface area contributed by atoms with E-state index in [0.29, 0.717) is 13.2 Å². The van der Waals surface area contributed by atoms with Crippen LogP contribution in [0.2, 0.25) is 0 Å². The summed E-state index contributed by atoms with van der Waals surface area (Å²) in [5.74, 6) is 1.01. The molecule has 0 bridgehead atoms. The molecule has 1 fully saturated rings. The highest BCUT2D eigenvalue weighted by Gasteiger charge is 2.27. The summed E-state index contributed by atoms with van der Waals surface area (Å²) in [5.41, 5.74) is 0. The fourth-order valence-corrected chi connectivity index (χ4v) is 2.76. The molecule has 2 rings (SSSR count). The first kappa shape index (κ1) is 15.8. The summed E-state index contributed by atoms with van der Waals surface area (Å²) in [5, 5.41) is 0. The monoisotopic (exact) mass is 295 g/mol. The molecule has 6 nitrogen and oxygen atoms in total. The van der Waals surface area contributed by atoms with E-state index in [1.165, 1.54) is 6.42 Å². The average molecular weight is 295 g/mol. The first-order chi connectivity index (χ1) is 10.2. The molecule has 2 heterocycles. The van der Waals surface area contributed by atoms with E-state index in [4.69, 9.17) is 9.47 Å². The number of nitrogens with zero attached hydrogens (tertiary/aromatic N) is 3. The van der Waals surface area contributed by atoms with Gasteiger partial charge in [0.05, 0.1) is 6.61 Å². The third-order valence-corrected chi connectivity index (χ3v) is 4.00. The first-order valence-corrected chi connectivity index (χ1v) is 7.62. The molecule has 1 amide bonds. The van der Waals surface area contributed by atoms with Gasteiger partial charge in [0.2, 0.25) is 0 Å². The minimum Gasteiger partial charge on any atom is -0.447 e. The number of amides is 1. The zero-order valence-corrected chi connectivity index (χ0v) is 13.0. The van der Waals surface area contributed by atoms with Gasteiger partial charge in [-0.05, 0) is 32.6 Å². The molecule has 1 aliphatic heterocycles. The maximum atomic E-state index is 12.1. The summed E-state index contributed by atoms with van der Waals surface area (Å²) in [4.78, 5) is 18.2. The van der Waals surface area contributed by atoms with Gasteiger partial charge in [-0.25, -0.2) is 9.78 Å². The molecule has 0 unspecified atom stereocenters. The number of aryl methyl sites for hydroxylation is 2. The fraction of sp³-hybridized carbons (Fsp3) is 0.733. The molecule has 1 aliphatic rings. The Kier molecular flexibility index (Phi) is 6.04. The highest BCUT2D eigenvalue weighted by atomic mass is 16.6. The van der Waals surface area contributed by atoms with Crippen LogP contribution in [-0.4, -0.2) is 53.5 Å². The largest absolute Gasteiger partial charge is 0.447 e. The molecular formula is C15H25N3O3. The van der Waals surface area contributed by atoms with Gasteiger partial charge in [-0.3, -0.25) is 0 Å². The van der Waals surface area contributed by atoms with Crippen LogP contribution in [0.25, 0.3) is 0 Å². The van der Waals surface area contributed by atoms with E-state index in [9.17, 15) is 4.79 Å². The van der Waals surface area contributed by atoms with Crippen LogP contribution in [0.5, 0.6) is 0 Å². The van der Waals surface area contributed by atoms with Gasteiger partial charge in [-0.1, -0.05) is 0 Å². The second kappa shape index (κ2) is 8.02. The van der Waals surface area contributed by atoms with Crippen LogP contribution in [0.3, 0.4) is 0 Å². The maximum Gasteiger partial charge on any atom is 0.410 e. The quantitative estimate of drug-likeness (QED) is 0.755. The van der Waals surface area contributed by atoms with Crippen LogP contribution >= 0.6 is 0 Å². The van der Waals surface area contributed by atoms with Crippen molar-refractivity contribution in [2.24, 2.45) is 0 Å². The van der Waals surface area contributed by atoms with Crippen molar-refractivity contribution in [1.82, 2.24) is 14.5 Å². The molecule has 1 atom stereocenters. The Morgan fingerprint density at radius 1 is 1.43 bits per heavy atom. The van der Waals surface area contributed by atoms with E-state index < -0.39 is 0 Å². The topological polar surface area (TPSA) is 56.6 Å². The van der Waals surface area contributed by atoms with Gasteiger partial charge in [-0.15, -0.1) is 0 Å². The number of carbonyl (C=O) groups excluding carboxylic acids is 1. The minimum atomic E-state index is -0.209. The number of piperidine rings is 1. The number of hydrogen-bond donors (Lipinski definition) is 0. The smallest absolute Gasteiger partial charge is 0.410 e. The highest BCUT2D eigenvalue weighted by molar-refractivity contribution is 5.68. The Hall–Kier alpha value is -1.56. The lowest BCUT2D eigenvalue weighted by atomic mass is 10.00. The van der Waals surface area contributed by atoms with Crippen molar-refractivity contribution in [3.63, 3.8) is 0 Å². The standard InChI is InChI=1S/C15H25N3O3/c1-13-16-7-10-17(13)9-6-14-5-3-4-8-18(14)15(19)21-12-11-20-2/h7,10,14H,3-6,8-9,11-12H2,1-2H3/t14-/m0/s1. The van der Waals surface area contributed by atoms with E-state index in [0.717, 1.165) is 38.2 Å². The van der Waals surface area contributed by atoms with E-state index >= 15 is 0 Å². The van der Waals surface area contributed by atoms with Gasteiger partial charge < -0.3 is 18.9 Å². The number of rotatable bonds is 6. The Labute approximate surface area is 126 Å². The summed E-state index contributed by atoms with van der Waals surface area (Å²) in [6, 6.07) is 0.260. The van der Waals surface area contributed by atoms with Crippen molar-refractivity contribution in [3.8, 4) is 0 Å². The second-order valence-electron chi connectivity index (χ2n) is 5.41. The van der Waals surface area contributed by atoms with Crippen LogP contribution in [0.1, 0.15) is 31.5 Å². The molecule has 118 valence electrons. The fourth-order valence-electron chi connectivity index (χ4n) is 2.76. The molecule has 0 aliphatic carbocycles. The van der Waals surface area contributed by atoms with Crippen molar-refractivity contribution in [3.05, 3.63) is 18.2 Å². The van der Waals surface area contributed by atoms with E-state index in [1.807, 2.05) is 24.2 Å². The highest BCUT2D eigenvalue weighted by Crippen LogP contribution is 2.21. The molecule has 0 spiro atoms. The second-order valence-corrected chi connectivity index (χ2v) is 5.41. The Bertz CT molecular complexity index is 447. The molecule has 0 radical (unpaired) electrons. The van der Waals surface area contributed by atoms with E-state index in [-0.39, 0.29) is 12.1 Å². The van der Waals surface area contributed by atoms with Crippen molar-refractivity contribution >= 4 is 6.09 Å². The minimum absolute atomic E-state index is 0.209. The summed E-state index contributed by atoms with van der Waals surface area (Å²) in [7, 11) is 1.60. The number of carbonyl (C=O) groups is 1. The van der Waals surface area contributed by atoms with Gasteiger partial charge in [0.25, 0.3) is 0 Å². The molecule has 1 aromatic heterocycles. The lowest BCUT2D eigenvalue weighted by Gasteiger charge is -2.35. The lowest BCUT2D eigenvalue weighted by Crippen LogP contribution is -2.44. The Morgan fingerprint density at radius 3 is 3.00 bits per heavy atom. The third kappa shape index (κ3) is 4.46. The predicted octanol–water partition coefficient (Wildman–Crippen LogP) is 2.22. The molecule has 6 heteroatoms. The summed E-state index contributed by atoms with van der Waals surface area (Å²) >= 11 is 0. The zero-order chi connectivity index (χ0) is 15.1. The third-order valence-electron chi connectivity index (χ3n) is 4.00. The van der Waals surface area contributed by atoms with Gasteiger partial charge in [0.1, 0.15) is 12.4 Å². The van der Waals surface area contributed by atoms with Gasteiger partial charge in [-0.2, -0.15) is 0 Å². The lowest BCUT2D eigenvalue weighted by molar-refractivity contribution is 0.0502. The number of imidazole rings is 1. The molecule has 0 aromatic carbocycles. The first-order valence-electron chi connectivity index (χ1n) is 7.62. The predicted molar refractivity (Wildman–Crippen MR) is 79.2 cm³/mol. The van der Waals surface area contributed by atoms with Crippen molar-refractivity contribution in [2.45, 2.75) is 45.2 Å². The molecular weight excluding hydrogens is 270 g/mol. The van der Waals surface area contributed by atoms with Gasteiger partial charge >= 0.3 is 6.09 Å². The molecule has 1 aromatic rings. The van der Waals surface area contributed by atoms with Crippen LogP contribution in [0.4, 0.5) is 4.79 Å². The number of methoxy groups -OCH3 is 1. The van der Waals surface area contributed by atoms with E-state index in [2.05, 4.69) is 9.55 Å².